The number of nitrogens with zero attached hydrogens (tertiary/aromatic N) is 1. The molecule has 0 radical (unpaired) electrons. The minimum atomic E-state index is -0.931. The van der Waals surface area contributed by atoms with Gasteiger partial charge in [0.1, 0.15) is 11.6 Å². The van der Waals surface area contributed by atoms with Crippen LogP contribution in [0.3, 0.4) is 0 Å². The van der Waals surface area contributed by atoms with E-state index < -0.39 is 34.3 Å². The summed E-state index contributed by atoms with van der Waals surface area (Å²) in [6.07, 6.45) is 1.14. The van der Waals surface area contributed by atoms with E-state index in [1.54, 1.807) is 0 Å². The van der Waals surface area contributed by atoms with Crippen molar-refractivity contribution in [3.05, 3.63) is 82.8 Å². The number of aromatic nitrogens is 1. The molecule has 0 N–H and O–H groups in total. The van der Waals surface area contributed by atoms with Crippen LogP contribution >= 0.6 is 11.3 Å². The third-order valence-electron chi connectivity index (χ3n) is 4.48. The normalized spacial score (nSPS) is 13.4. The van der Waals surface area contributed by atoms with Crippen molar-refractivity contribution >= 4 is 39.4 Å². The zero-order valence-corrected chi connectivity index (χ0v) is 14.8. The zero-order valence-electron chi connectivity index (χ0n) is 14.0. The Morgan fingerprint density at radius 3 is 2.18 bits per heavy atom. The lowest BCUT2D eigenvalue weighted by atomic mass is 10.1. The number of Topliss-reactive ketones (excluding diaryl/α,β-unsaturated/α-hetero) is 2. The Kier molecular flexibility index (Phi) is 3.60. The fourth-order valence-electron chi connectivity index (χ4n) is 3.18. The molecule has 5 rings (SSSR count). The predicted octanol–water partition coefficient (Wildman–Crippen LogP) is 5.30. The van der Waals surface area contributed by atoms with Gasteiger partial charge >= 0.3 is 0 Å². The molecule has 0 bridgehead atoms. The Balaban J connectivity index is 1.55. The van der Waals surface area contributed by atoms with Crippen LogP contribution in [0.5, 0.6) is 0 Å². The number of carbonyl (C=O) groups is 2. The molecule has 4 nitrogen and oxygen atoms in total. The standard InChI is InChI=1S/C21H9F2NO3S/c22-12-6-7-13(23)18-17(12)19(25)11(20(18)26)8-16-24-21-14(27-16)9-15(28-21)10-4-2-1-3-5-10/h1-9H. The van der Waals surface area contributed by atoms with E-state index in [0.717, 1.165) is 28.6 Å². The SMILES string of the molecule is O=C1C(=Cc2nc3sc(-c4ccccc4)cc3o2)C(=O)c2c(F)ccc(F)c21. The van der Waals surface area contributed by atoms with E-state index in [1.165, 1.54) is 11.3 Å². The first-order valence-corrected chi connectivity index (χ1v) is 9.09. The highest BCUT2D eigenvalue weighted by molar-refractivity contribution is 7.21. The molecule has 0 saturated heterocycles. The third kappa shape index (κ3) is 2.44. The Hall–Kier alpha value is -3.45. The lowest BCUT2D eigenvalue weighted by Gasteiger charge is -1.97. The molecule has 0 unspecified atom stereocenters. The summed E-state index contributed by atoms with van der Waals surface area (Å²) < 4.78 is 33.5. The molecule has 0 spiro atoms. The highest BCUT2D eigenvalue weighted by Crippen LogP contribution is 2.35. The van der Waals surface area contributed by atoms with E-state index in [2.05, 4.69) is 4.98 Å². The van der Waals surface area contributed by atoms with Gasteiger partial charge in [0.05, 0.1) is 16.7 Å². The molecule has 0 fully saturated rings. The summed E-state index contributed by atoms with van der Waals surface area (Å²) in [7, 11) is 0. The number of rotatable bonds is 2. The molecule has 2 aromatic carbocycles. The fourth-order valence-corrected chi connectivity index (χ4v) is 4.15. The molecule has 0 aliphatic heterocycles. The highest BCUT2D eigenvalue weighted by atomic mass is 32.1. The summed E-state index contributed by atoms with van der Waals surface area (Å²) in [4.78, 5) is 30.7. The van der Waals surface area contributed by atoms with Crippen molar-refractivity contribution in [2.45, 2.75) is 0 Å². The van der Waals surface area contributed by atoms with E-state index in [9.17, 15) is 18.4 Å². The molecule has 0 amide bonds. The molecule has 1 aliphatic rings. The average molecular weight is 393 g/mol. The highest BCUT2D eigenvalue weighted by Gasteiger charge is 2.38. The molecule has 0 saturated carbocycles. The number of thiophene rings is 1. The topological polar surface area (TPSA) is 60.2 Å². The number of oxazole rings is 1. The van der Waals surface area contributed by atoms with Crippen LogP contribution in [-0.4, -0.2) is 16.6 Å². The minimum absolute atomic E-state index is 0.0335. The first kappa shape index (κ1) is 16.7. The van der Waals surface area contributed by atoms with Crippen molar-refractivity contribution in [3.63, 3.8) is 0 Å². The van der Waals surface area contributed by atoms with Gasteiger partial charge in [-0.25, -0.2) is 8.78 Å². The van der Waals surface area contributed by atoms with Crippen LogP contribution < -0.4 is 0 Å². The smallest absolute Gasteiger partial charge is 0.221 e. The Bertz CT molecular complexity index is 1240. The minimum Gasteiger partial charge on any atom is -0.436 e. The largest absolute Gasteiger partial charge is 0.436 e. The number of carbonyl (C=O) groups excluding carboxylic acids is 2. The molecule has 28 heavy (non-hydrogen) atoms. The van der Waals surface area contributed by atoms with Gasteiger partial charge in [-0.1, -0.05) is 30.3 Å². The number of hydrogen-bond donors (Lipinski definition) is 0. The van der Waals surface area contributed by atoms with Gasteiger partial charge in [0.2, 0.25) is 17.5 Å². The number of allylic oxidation sites excluding steroid dienone is 1. The molecule has 0 atom stereocenters. The van der Waals surface area contributed by atoms with Crippen LogP contribution in [0.1, 0.15) is 26.6 Å². The van der Waals surface area contributed by atoms with Crippen molar-refractivity contribution in [1.82, 2.24) is 4.98 Å². The number of benzene rings is 2. The van der Waals surface area contributed by atoms with Gasteiger partial charge in [-0.15, -0.1) is 11.3 Å². The quantitative estimate of drug-likeness (QED) is 0.343. The average Bonchev–Trinajstić information content (AvgIpc) is 3.32. The molecule has 4 aromatic rings. The number of hydrogen-bond acceptors (Lipinski definition) is 5. The second kappa shape index (κ2) is 6.03. The molecule has 2 heterocycles. The van der Waals surface area contributed by atoms with E-state index in [1.807, 2.05) is 36.4 Å². The maximum atomic E-state index is 13.9. The van der Waals surface area contributed by atoms with Crippen molar-refractivity contribution in [2.24, 2.45) is 0 Å². The number of fused-ring (bicyclic) bond motifs is 2. The van der Waals surface area contributed by atoms with Crippen LogP contribution in [0.4, 0.5) is 8.78 Å². The van der Waals surface area contributed by atoms with E-state index in [4.69, 9.17) is 4.42 Å². The second-order valence-corrected chi connectivity index (χ2v) is 7.22. The van der Waals surface area contributed by atoms with Gasteiger partial charge in [-0.05, 0) is 17.7 Å². The number of halogens is 2. The van der Waals surface area contributed by atoms with E-state index in [0.29, 0.717) is 10.4 Å². The maximum Gasteiger partial charge on any atom is 0.221 e. The summed E-state index contributed by atoms with van der Waals surface area (Å²) in [6, 6.07) is 13.2. The molecule has 1 aliphatic carbocycles. The maximum absolute atomic E-state index is 13.9. The molecular formula is C21H9F2NO3S. The van der Waals surface area contributed by atoms with Gasteiger partial charge in [0, 0.05) is 17.0 Å². The van der Waals surface area contributed by atoms with E-state index in [-0.39, 0.29) is 11.5 Å². The molecule has 2 aromatic heterocycles. The van der Waals surface area contributed by atoms with Crippen LogP contribution in [0.2, 0.25) is 0 Å². The van der Waals surface area contributed by atoms with Gasteiger partial charge in [-0.2, -0.15) is 4.98 Å². The Morgan fingerprint density at radius 1 is 0.929 bits per heavy atom. The summed E-state index contributed by atoms with van der Waals surface area (Å²) in [6.45, 7) is 0. The summed E-state index contributed by atoms with van der Waals surface area (Å²) >= 11 is 1.40. The van der Waals surface area contributed by atoms with Gasteiger partial charge in [-0.3, -0.25) is 9.59 Å². The van der Waals surface area contributed by atoms with Gasteiger partial charge in [0.25, 0.3) is 0 Å². The molecule has 7 heteroatoms. The Labute approximate surface area is 160 Å². The van der Waals surface area contributed by atoms with Crippen LogP contribution in [0, 0.1) is 11.6 Å². The summed E-state index contributed by atoms with van der Waals surface area (Å²) in [5.74, 6) is -3.57. The lowest BCUT2D eigenvalue weighted by Crippen LogP contribution is -2.01. The predicted molar refractivity (Wildman–Crippen MR) is 100 cm³/mol. The van der Waals surface area contributed by atoms with Crippen molar-refractivity contribution in [1.29, 1.82) is 0 Å². The lowest BCUT2D eigenvalue weighted by molar-refractivity contribution is 0.0988. The first-order chi connectivity index (χ1) is 13.5. The number of ketones is 2. The monoisotopic (exact) mass is 393 g/mol. The second-order valence-electron chi connectivity index (χ2n) is 6.19. The summed E-state index contributed by atoms with van der Waals surface area (Å²) in [5.41, 5.74) is 0.0646. The van der Waals surface area contributed by atoms with Crippen molar-refractivity contribution in [2.75, 3.05) is 0 Å². The van der Waals surface area contributed by atoms with Crippen molar-refractivity contribution in [3.8, 4) is 10.4 Å². The Morgan fingerprint density at radius 2 is 1.57 bits per heavy atom. The van der Waals surface area contributed by atoms with Gasteiger partial charge in [0.15, 0.2) is 10.4 Å². The van der Waals surface area contributed by atoms with E-state index >= 15 is 0 Å². The zero-order chi connectivity index (χ0) is 19.4. The molecular weight excluding hydrogens is 384 g/mol. The van der Waals surface area contributed by atoms with Crippen LogP contribution in [0.15, 0.2) is 58.5 Å². The third-order valence-corrected chi connectivity index (χ3v) is 5.54. The fraction of sp³-hybridized carbons (Fsp3) is 0. The first-order valence-electron chi connectivity index (χ1n) is 8.28. The molecule has 136 valence electrons. The summed E-state index contributed by atoms with van der Waals surface area (Å²) in [5, 5.41) is 0. The van der Waals surface area contributed by atoms with Gasteiger partial charge < -0.3 is 4.42 Å². The van der Waals surface area contributed by atoms with Crippen LogP contribution in [-0.2, 0) is 0 Å². The van der Waals surface area contributed by atoms with Crippen molar-refractivity contribution < 1.29 is 22.8 Å². The van der Waals surface area contributed by atoms with Crippen LogP contribution in [0.25, 0.3) is 26.9 Å².